The molecule has 0 unspecified atom stereocenters. The average Bonchev–Trinajstić information content (AvgIpc) is 2.64. The van der Waals surface area contributed by atoms with Gasteiger partial charge in [0.15, 0.2) is 0 Å². The molecule has 1 aromatic rings. The minimum Gasteiger partial charge on any atom is -0.469 e. The quantitative estimate of drug-likeness (QED) is 0.417. The molecule has 0 spiro atoms. The number of carbonyl (C=O) groups excluding carboxylic acids is 3. The van der Waals surface area contributed by atoms with Crippen LogP contribution in [0.2, 0.25) is 0 Å². The lowest BCUT2D eigenvalue weighted by atomic mass is 9.96. The highest BCUT2D eigenvalue weighted by molar-refractivity contribution is 5.82. The van der Waals surface area contributed by atoms with E-state index in [2.05, 4.69) is 16.6 Å². The van der Waals surface area contributed by atoms with Crippen molar-refractivity contribution in [3.05, 3.63) is 48.6 Å². The van der Waals surface area contributed by atoms with Gasteiger partial charge in [-0.05, 0) is 18.4 Å². The fourth-order valence-electron chi connectivity index (χ4n) is 2.20. The van der Waals surface area contributed by atoms with Crippen molar-refractivity contribution in [3.8, 4) is 0 Å². The van der Waals surface area contributed by atoms with E-state index in [9.17, 15) is 14.4 Å². The number of ether oxygens (including phenoxy) is 3. The third kappa shape index (κ3) is 7.07. The number of amides is 1. The number of rotatable bonds is 9. The smallest absolute Gasteiger partial charge is 0.408 e. The van der Waals surface area contributed by atoms with Crippen LogP contribution in [-0.2, 0) is 30.4 Å². The summed E-state index contributed by atoms with van der Waals surface area (Å²) in [5.41, 5.74) is 0.811. The minimum absolute atomic E-state index is 0.0196. The molecule has 0 fully saturated rings. The van der Waals surface area contributed by atoms with Crippen molar-refractivity contribution >= 4 is 18.0 Å². The molecule has 7 nitrogen and oxygen atoms in total. The van der Waals surface area contributed by atoms with Gasteiger partial charge in [0.05, 0.1) is 20.1 Å². The Balaban J connectivity index is 2.67. The van der Waals surface area contributed by atoms with E-state index in [1.54, 1.807) is 6.08 Å². The van der Waals surface area contributed by atoms with Crippen LogP contribution in [0.15, 0.2) is 43.0 Å². The number of hydrogen-bond acceptors (Lipinski definition) is 6. The molecule has 0 heterocycles. The Labute approximate surface area is 146 Å². The highest BCUT2D eigenvalue weighted by Gasteiger charge is 2.29. The van der Waals surface area contributed by atoms with Crippen LogP contribution in [-0.4, -0.2) is 38.3 Å². The van der Waals surface area contributed by atoms with Crippen molar-refractivity contribution in [2.24, 2.45) is 5.92 Å². The molecule has 1 rings (SSSR count). The maximum absolute atomic E-state index is 11.9. The highest BCUT2D eigenvalue weighted by Crippen LogP contribution is 2.15. The molecule has 0 aliphatic carbocycles. The molecular formula is C18H23NO6. The Kier molecular flexibility index (Phi) is 8.78. The zero-order valence-corrected chi connectivity index (χ0v) is 14.4. The Morgan fingerprint density at radius 2 is 1.76 bits per heavy atom. The second kappa shape index (κ2) is 10.9. The molecule has 0 radical (unpaired) electrons. The number of carbonyl (C=O) groups is 3. The number of methoxy groups -OCH3 is 2. The SMILES string of the molecule is C=CC[C@@H](C[C@H](NC(=O)OCc1ccccc1)C(=O)OC)C(=O)OC. The van der Waals surface area contributed by atoms with Gasteiger partial charge < -0.3 is 19.5 Å². The lowest BCUT2D eigenvalue weighted by Crippen LogP contribution is -2.43. The van der Waals surface area contributed by atoms with Gasteiger partial charge in [0.2, 0.25) is 0 Å². The Hall–Kier alpha value is -2.83. The van der Waals surface area contributed by atoms with Gasteiger partial charge in [-0.15, -0.1) is 6.58 Å². The van der Waals surface area contributed by atoms with Gasteiger partial charge in [-0.3, -0.25) is 4.79 Å². The van der Waals surface area contributed by atoms with Gasteiger partial charge in [0, 0.05) is 0 Å². The first kappa shape index (κ1) is 20.2. The van der Waals surface area contributed by atoms with Gasteiger partial charge in [-0.2, -0.15) is 0 Å². The zero-order valence-electron chi connectivity index (χ0n) is 14.4. The number of allylic oxidation sites excluding steroid dienone is 1. The summed E-state index contributed by atoms with van der Waals surface area (Å²) in [5, 5.41) is 2.43. The molecule has 1 N–H and O–H groups in total. The number of benzene rings is 1. The summed E-state index contributed by atoms with van der Waals surface area (Å²) in [6.45, 7) is 3.64. The predicted molar refractivity (Wildman–Crippen MR) is 90.5 cm³/mol. The summed E-state index contributed by atoms with van der Waals surface area (Å²) in [4.78, 5) is 35.6. The summed E-state index contributed by atoms with van der Waals surface area (Å²) in [6.07, 6.45) is 1.09. The van der Waals surface area contributed by atoms with E-state index in [0.717, 1.165) is 5.56 Å². The molecule has 0 bridgehead atoms. The Morgan fingerprint density at radius 1 is 1.12 bits per heavy atom. The van der Waals surface area contributed by atoms with Gasteiger partial charge >= 0.3 is 18.0 Å². The first-order chi connectivity index (χ1) is 12.0. The zero-order chi connectivity index (χ0) is 18.7. The molecule has 0 saturated carbocycles. The molecule has 2 atom stereocenters. The van der Waals surface area contributed by atoms with E-state index < -0.39 is 30.0 Å². The van der Waals surface area contributed by atoms with Gasteiger partial charge in [-0.25, -0.2) is 9.59 Å². The van der Waals surface area contributed by atoms with Crippen LogP contribution in [0.25, 0.3) is 0 Å². The molecule has 0 saturated heterocycles. The van der Waals surface area contributed by atoms with Crippen molar-refractivity contribution in [1.82, 2.24) is 5.32 Å². The molecule has 0 aliphatic rings. The first-order valence-electron chi connectivity index (χ1n) is 7.75. The van der Waals surface area contributed by atoms with Gasteiger partial charge in [-0.1, -0.05) is 36.4 Å². The maximum atomic E-state index is 11.9. The fourth-order valence-corrected chi connectivity index (χ4v) is 2.20. The van der Waals surface area contributed by atoms with Crippen LogP contribution in [0, 0.1) is 5.92 Å². The molecule has 0 aliphatic heterocycles. The number of nitrogens with one attached hydrogen (secondary N) is 1. The summed E-state index contributed by atoms with van der Waals surface area (Å²) in [5.74, 6) is -1.79. The van der Waals surface area contributed by atoms with Gasteiger partial charge in [0.1, 0.15) is 12.6 Å². The fraction of sp³-hybridized carbons (Fsp3) is 0.389. The monoisotopic (exact) mass is 349 g/mol. The standard InChI is InChI=1S/C18H23NO6/c1-4-8-14(16(20)23-2)11-15(17(21)24-3)19-18(22)25-12-13-9-6-5-7-10-13/h4-7,9-10,14-15H,1,8,11-12H2,2-3H3,(H,19,22)/t14-,15-/m0/s1. The third-order valence-corrected chi connectivity index (χ3v) is 3.50. The van der Waals surface area contributed by atoms with Crippen LogP contribution in [0.5, 0.6) is 0 Å². The number of esters is 2. The summed E-state index contributed by atoms with van der Waals surface area (Å²) in [7, 11) is 2.46. The molecule has 25 heavy (non-hydrogen) atoms. The van der Waals surface area contributed by atoms with Gasteiger partial charge in [0.25, 0.3) is 0 Å². The summed E-state index contributed by atoms with van der Waals surface area (Å²) < 4.78 is 14.5. The van der Waals surface area contributed by atoms with Crippen molar-refractivity contribution in [3.63, 3.8) is 0 Å². The lowest BCUT2D eigenvalue weighted by Gasteiger charge is -2.20. The Bertz CT molecular complexity index is 586. The highest BCUT2D eigenvalue weighted by atomic mass is 16.6. The lowest BCUT2D eigenvalue weighted by molar-refractivity contribution is -0.147. The van der Waals surface area contributed by atoms with E-state index in [0.29, 0.717) is 6.42 Å². The molecular weight excluding hydrogens is 326 g/mol. The van der Waals surface area contributed by atoms with E-state index in [1.165, 1.54) is 14.2 Å². The minimum atomic E-state index is -1.03. The predicted octanol–water partition coefficient (Wildman–Crippen LogP) is 2.21. The van der Waals surface area contributed by atoms with Crippen molar-refractivity contribution in [2.75, 3.05) is 14.2 Å². The van der Waals surface area contributed by atoms with Crippen LogP contribution >= 0.6 is 0 Å². The van der Waals surface area contributed by atoms with Crippen LogP contribution < -0.4 is 5.32 Å². The number of alkyl carbamates (subject to hydrolysis) is 1. The molecule has 136 valence electrons. The second-order valence-electron chi connectivity index (χ2n) is 5.26. The van der Waals surface area contributed by atoms with E-state index >= 15 is 0 Å². The third-order valence-electron chi connectivity index (χ3n) is 3.50. The second-order valence-corrected chi connectivity index (χ2v) is 5.26. The van der Waals surface area contributed by atoms with Crippen LogP contribution in [0.4, 0.5) is 4.79 Å². The van der Waals surface area contributed by atoms with E-state index in [-0.39, 0.29) is 13.0 Å². The van der Waals surface area contributed by atoms with E-state index in [1.807, 2.05) is 30.3 Å². The largest absolute Gasteiger partial charge is 0.469 e. The normalized spacial score (nSPS) is 12.4. The first-order valence-corrected chi connectivity index (χ1v) is 7.75. The topological polar surface area (TPSA) is 90.9 Å². The van der Waals surface area contributed by atoms with E-state index in [4.69, 9.17) is 9.47 Å². The molecule has 1 amide bonds. The van der Waals surface area contributed by atoms with Crippen molar-refractivity contribution < 1.29 is 28.6 Å². The molecule has 1 aromatic carbocycles. The maximum Gasteiger partial charge on any atom is 0.408 e. The summed E-state index contributed by atoms with van der Waals surface area (Å²) in [6, 6.07) is 8.08. The van der Waals surface area contributed by atoms with Crippen LogP contribution in [0.1, 0.15) is 18.4 Å². The summed E-state index contributed by atoms with van der Waals surface area (Å²) >= 11 is 0. The molecule has 7 heteroatoms. The van der Waals surface area contributed by atoms with Crippen LogP contribution in [0.3, 0.4) is 0 Å². The molecule has 0 aromatic heterocycles. The average molecular weight is 349 g/mol. The van der Waals surface area contributed by atoms with Crippen molar-refractivity contribution in [1.29, 1.82) is 0 Å². The Morgan fingerprint density at radius 3 is 2.32 bits per heavy atom. The van der Waals surface area contributed by atoms with Crippen molar-refractivity contribution in [2.45, 2.75) is 25.5 Å². The number of hydrogen-bond donors (Lipinski definition) is 1.